The van der Waals surface area contributed by atoms with Gasteiger partial charge in [0, 0.05) is 5.56 Å². The Morgan fingerprint density at radius 2 is 1.96 bits per heavy atom. The molecular formula is C18H18FN5O2. The third-order valence-corrected chi connectivity index (χ3v) is 3.47. The van der Waals surface area contributed by atoms with Crippen LogP contribution >= 0.6 is 0 Å². The molecule has 26 heavy (non-hydrogen) atoms. The first-order valence-electron chi connectivity index (χ1n) is 8.21. The van der Waals surface area contributed by atoms with Gasteiger partial charge in [0.15, 0.2) is 0 Å². The monoisotopic (exact) mass is 355 g/mol. The number of carbonyl (C=O) groups excluding carboxylic acids is 1. The molecule has 0 fully saturated rings. The highest BCUT2D eigenvalue weighted by Crippen LogP contribution is 2.19. The summed E-state index contributed by atoms with van der Waals surface area (Å²) in [5.41, 5.74) is 0.870. The minimum Gasteiger partial charge on any atom is -0.494 e. The molecule has 0 saturated carbocycles. The van der Waals surface area contributed by atoms with Crippen molar-refractivity contribution in [3.63, 3.8) is 0 Å². The molecule has 0 atom stereocenters. The summed E-state index contributed by atoms with van der Waals surface area (Å²) in [6.07, 6.45) is 0.937. The van der Waals surface area contributed by atoms with Crippen LogP contribution in [0.15, 0.2) is 48.5 Å². The van der Waals surface area contributed by atoms with Crippen LogP contribution in [0.4, 0.5) is 10.1 Å². The van der Waals surface area contributed by atoms with Gasteiger partial charge in [0.2, 0.25) is 11.7 Å². The van der Waals surface area contributed by atoms with E-state index in [4.69, 9.17) is 4.74 Å². The van der Waals surface area contributed by atoms with E-state index < -0.39 is 11.7 Å². The molecule has 0 unspecified atom stereocenters. The minimum absolute atomic E-state index is 0.112. The molecule has 1 heterocycles. The fraction of sp³-hybridized carbons (Fsp3) is 0.222. The van der Waals surface area contributed by atoms with E-state index in [9.17, 15) is 9.18 Å². The van der Waals surface area contributed by atoms with Gasteiger partial charge in [0.1, 0.15) is 18.1 Å². The van der Waals surface area contributed by atoms with Crippen molar-refractivity contribution in [1.82, 2.24) is 20.2 Å². The number of carbonyl (C=O) groups is 1. The number of benzene rings is 2. The lowest BCUT2D eigenvalue weighted by molar-refractivity contribution is -0.117. The molecule has 134 valence electrons. The Balaban J connectivity index is 1.62. The summed E-state index contributed by atoms with van der Waals surface area (Å²) in [6, 6.07) is 13.3. The quantitative estimate of drug-likeness (QED) is 0.705. The van der Waals surface area contributed by atoms with Crippen LogP contribution in [-0.4, -0.2) is 32.7 Å². The van der Waals surface area contributed by atoms with Crippen molar-refractivity contribution in [2.24, 2.45) is 0 Å². The Bertz CT molecular complexity index is 879. The minimum atomic E-state index is -0.501. The molecule has 0 aliphatic carbocycles. The molecule has 0 aliphatic heterocycles. The standard InChI is InChI=1S/C18H18FN5O2/c1-2-11-26-14-9-7-13(8-10-14)18-21-23-24(22-18)12-17(25)20-16-6-4-3-5-15(16)19/h3-10H,2,11-12H2,1H3,(H,20,25). The lowest BCUT2D eigenvalue weighted by atomic mass is 10.2. The molecule has 1 N–H and O–H groups in total. The van der Waals surface area contributed by atoms with Crippen LogP contribution in [0.2, 0.25) is 0 Å². The molecule has 1 aromatic heterocycles. The van der Waals surface area contributed by atoms with Gasteiger partial charge in [-0.15, -0.1) is 10.2 Å². The topological polar surface area (TPSA) is 81.9 Å². The molecule has 0 aliphatic rings. The van der Waals surface area contributed by atoms with Gasteiger partial charge in [-0.3, -0.25) is 4.79 Å². The maximum atomic E-state index is 13.5. The number of ether oxygens (including phenoxy) is 1. The zero-order valence-electron chi connectivity index (χ0n) is 14.2. The average Bonchev–Trinajstić information content (AvgIpc) is 3.10. The predicted octanol–water partition coefficient (Wildman–Crippen LogP) is 2.91. The van der Waals surface area contributed by atoms with E-state index in [-0.39, 0.29) is 12.2 Å². The highest BCUT2D eigenvalue weighted by atomic mass is 19.1. The normalized spacial score (nSPS) is 10.5. The summed E-state index contributed by atoms with van der Waals surface area (Å²) < 4.78 is 19.1. The summed E-state index contributed by atoms with van der Waals surface area (Å²) in [4.78, 5) is 13.2. The van der Waals surface area contributed by atoms with Crippen LogP contribution in [0, 0.1) is 5.82 Å². The van der Waals surface area contributed by atoms with Gasteiger partial charge < -0.3 is 10.1 Å². The first-order chi connectivity index (χ1) is 12.7. The maximum absolute atomic E-state index is 13.5. The summed E-state index contributed by atoms with van der Waals surface area (Å²) in [5, 5.41) is 14.5. The smallest absolute Gasteiger partial charge is 0.248 e. The predicted molar refractivity (Wildman–Crippen MR) is 94.1 cm³/mol. The number of hydrogen-bond acceptors (Lipinski definition) is 5. The SMILES string of the molecule is CCCOc1ccc(-c2nnn(CC(=O)Nc3ccccc3F)n2)cc1. The zero-order valence-corrected chi connectivity index (χ0v) is 14.2. The number of nitrogens with one attached hydrogen (secondary N) is 1. The molecule has 0 bridgehead atoms. The number of aromatic nitrogens is 4. The van der Waals surface area contributed by atoms with Crippen LogP contribution < -0.4 is 10.1 Å². The summed E-state index contributed by atoms with van der Waals surface area (Å²) in [6.45, 7) is 2.53. The molecule has 2 aromatic carbocycles. The number of halogens is 1. The summed E-state index contributed by atoms with van der Waals surface area (Å²) in [7, 11) is 0. The van der Waals surface area contributed by atoms with Crippen LogP contribution in [0.3, 0.4) is 0 Å². The van der Waals surface area contributed by atoms with Crippen molar-refractivity contribution in [2.75, 3.05) is 11.9 Å². The average molecular weight is 355 g/mol. The second kappa shape index (κ2) is 8.19. The van der Waals surface area contributed by atoms with Crippen LogP contribution in [0.25, 0.3) is 11.4 Å². The Labute approximate surface area is 149 Å². The van der Waals surface area contributed by atoms with E-state index >= 15 is 0 Å². The van der Waals surface area contributed by atoms with Gasteiger partial charge >= 0.3 is 0 Å². The molecule has 8 heteroatoms. The van der Waals surface area contributed by atoms with Crippen LogP contribution in [0.1, 0.15) is 13.3 Å². The molecule has 0 radical (unpaired) electrons. The zero-order chi connectivity index (χ0) is 18.4. The third kappa shape index (κ3) is 4.41. The van der Waals surface area contributed by atoms with Crippen molar-refractivity contribution in [2.45, 2.75) is 19.9 Å². The summed E-state index contributed by atoms with van der Waals surface area (Å²) >= 11 is 0. The first-order valence-corrected chi connectivity index (χ1v) is 8.21. The van der Waals surface area contributed by atoms with Crippen molar-refractivity contribution in [1.29, 1.82) is 0 Å². The molecule has 0 spiro atoms. The number of para-hydroxylation sites is 1. The van der Waals surface area contributed by atoms with Crippen molar-refractivity contribution in [3.05, 3.63) is 54.3 Å². The van der Waals surface area contributed by atoms with E-state index in [1.807, 2.05) is 31.2 Å². The molecule has 7 nitrogen and oxygen atoms in total. The number of anilines is 1. The fourth-order valence-corrected chi connectivity index (χ4v) is 2.23. The molecule has 0 saturated heterocycles. The van der Waals surface area contributed by atoms with Gasteiger partial charge in [0.05, 0.1) is 12.3 Å². The van der Waals surface area contributed by atoms with Gasteiger partial charge in [-0.05, 0) is 48.0 Å². The van der Waals surface area contributed by atoms with Gasteiger partial charge in [-0.1, -0.05) is 19.1 Å². The largest absolute Gasteiger partial charge is 0.494 e. The number of rotatable bonds is 7. The maximum Gasteiger partial charge on any atom is 0.248 e. The van der Waals surface area contributed by atoms with Gasteiger partial charge in [-0.25, -0.2) is 4.39 Å². The Morgan fingerprint density at radius 1 is 1.19 bits per heavy atom. The highest BCUT2D eigenvalue weighted by Gasteiger charge is 2.11. The first kappa shape index (κ1) is 17.5. The second-order valence-electron chi connectivity index (χ2n) is 5.54. The van der Waals surface area contributed by atoms with Gasteiger partial charge in [-0.2, -0.15) is 4.80 Å². The number of amides is 1. The van der Waals surface area contributed by atoms with Crippen molar-refractivity contribution in [3.8, 4) is 17.1 Å². The molecule has 1 amide bonds. The molecular weight excluding hydrogens is 337 g/mol. The Kier molecular flexibility index (Phi) is 5.52. The number of tetrazole rings is 1. The lowest BCUT2D eigenvalue weighted by Gasteiger charge is -2.05. The third-order valence-electron chi connectivity index (χ3n) is 3.47. The Hall–Kier alpha value is -3.29. The van der Waals surface area contributed by atoms with E-state index in [2.05, 4.69) is 20.7 Å². The van der Waals surface area contributed by atoms with E-state index in [0.717, 1.165) is 22.5 Å². The van der Waals surface area contributed by atoms with Crippen molar-refractivity contribution >= 4 is 11.6 Å². The van der Waals surface area contributed by atoms with E-state index in [0.29, 0.717) is 12.4 Å². The van der Waals surface area contributed by atoms with Crippen LogP contribution in [-0.2, 0) is 11.3 Å². The number of nitrogens with zero attached hydrogens (tertiary/aromatic N) is 4. The van der Waals surface area contributed by atoms with E-state index in [1.54, 1.807) is 12.1 Å². The van der Waals surface area contributed by atoms with E-state index in [1.165, 1.54) is 12.1 Å². The van der Waals surface area contributed by atoms with Gasteiger partial charge in [0.25, 0.3) is 0 Å². The molecule has 3 aromatic rings. The Morgan fingerprint density at radius 3 is 2.69 bits per heavy atom. The second-order valence-corrected chi connectivity index (χ2v) is 5.54. The lowest BCUT2D eigenvalue weighted by Crippen LogP contribution is -2.21. The molecule has 3 rings (SSSR count). The number of hydrogen-bond donors (Lipinski definition) is 1. The highest BCUT2D eigenvalue weighted by molar-refractivity contribution is 5.90. The fourth-order valence-electron chi connectivity index (χ4n) is 2.23. The van der Waals surface area contributed by atoms with Crippen molar-refractivity contribution < 1.29 is 13.9 Å². The van der Waals surface area contributed by atoms with Crippen LogP contribution in [0.5, 0.6) is 5.75 Å². The summed E-state index contributed by atoms with van der Waals surface area (Å²) in [5.74, 6) is 0.221.